The third-order valence-electron chi connectivity index (χ3n) is 1.32. The number of anilines is 1. The number of rotatable bonds is 1. The van der Waals surface area contributed by atoms with Gasteiger partial charge in [0, 0.05) is 0 Å². The standard InChI is InChI=1S/C6H7N5/c1-5-8-6(10-9-5)11-3-2-7-4-11/h2-4H,1H3,(H,8,9,10)/q+1. The van der Waals surface area contributed by atoms with Gasteiger partial charge in [-0.25, -0.2) is 4.99 Å². The molecule has 1 aliphatic rings. The fourth-order valence-corrected chi connectivity index (χ4v) is 0.824. The third kappa shape index (κ3) is 1.05. The van der Waals surface area contributed by atoms with Crippen LogP contribution in [0.2, 0.25) is 0 Å². The first kappa shape index (κ1) is 6.23. The highest BCUT2D eigenvalue weighted by Crippen LogP contribution is 2.06. The van der Waals surface area contributed by atoms with Crippen LogP contribution < -0.4 is 4.90 Å². The number of aliphatic imine (C=N–C) groups is 1. The number of nitrogens with one attached hydrogen (secondary N) is 1. The molecule has 2 heterocycles. The van der Waals surface area contributed by atoms with E-state index in [0.29, 0.717) is 5.95 Å². The van der Waals surface area contributed by atoms with Gasteiger partial charge in [0.15, 0.2) is 6.20 Å². The van der Waals surface area contributed by atoms with Crippen LogP contribution in [0, 0.1) is 6.92 Å². The van der Waals surface area contributed by atoms with E-state index >= 15 is 0 Å². The number of aromatic nitrogens is 3. The van der Waals surface area contributed by atoms with Crippen molar-refractivity contribution in [2.75, 3.05) is 0 Å². The normalized spacial score (nSPS) is 16.5. The summed E-state index contributed by atoms with van der Waals surface area (Å²) in [6.07, 6.45) is 5.14. The van der Waals surface area contributed by atoms with Gasteiger partial charge in [0.05, 0.1) is 6.20 Å². The summed E-state index contributed by atoms with van der Waals surface area (Å²) < 4.78 is 0. The molecule has 11 heavy (non-hydrogen) atoms. The highest BCUT2D eigenvalue weighted by molar-refractivity contribution is 5.69. The van der Waals surface area contributed by atoms with E-state index in [1.54, 1.807) is 23.6 Å². The predicted octanol–water partition coefficient (Wildman–Crippen LogP) is 0.398. The Bertz CT molecular complexity index is 299. The van der Waals surface area contributed by atoms with Crippen molar-refractivity contribution in [3.63, 3.8) is 0 Å². The molecule has 0 aromatic carbocycles. The molecule has 5 heteroatoms. The summed E-state index contributed by atoms with van der Waals surface area (Å²) in [4.78, 5) is 9.73. The zero-order valence-electron chi connectivity index (χ0n) is 6.02. The van der Waals surface area contributed by atoms with Crippen molar-refractivity contribution in [1.29, 1.82) is 0 Å². The van der Waals surface area contributed by atoms with Gasteiger partial charge in [0.25, 0.3) is 6.34 Å². The predicted molar refractivity (Wildman–Crippen MR) is 40.5 cm³/mol. The Balaban J connectivity index is 2.29. The van der Waals surface area contributed by atoms with E-state index in [-0.39, 0.29) is 0 Å². The minimum Gasteiger partial charge on any atom is -0.258 e. The van der Waals surface area contributed by atoms with Crippen molar-refractivity contribution in [2.24, 2.45) is 4.99 Å². The second-order valence-electron chi connectivity index (χ2n) is 2.19. The van der Waals surface area contributed by atoms with Crippen molar-refractivity contribution >= 4 is 12.3 Å². The number of hydrogen-bond donors (Lipinski definition) is 1. The first-order valence-electron chi connectivity index (χ1n) is 3.23. The van der Waals surface area contributed by atoms with Gasteiger partial charge in [-0.15, -0.1) is 0 Å². The van der Waals surface area contributed by atoms with E-state index in [2.05, 4.69) is 20.2 Å². The molecular formula is C6H7N5+. The van der Waals surface area contributed by atoms with Crippen LogP contribution in [0.25, 0.3) is 0 Å². The number of aromatic amines is 1. The minimum absolute atomic E-state index is 0.625. The molecule has 1 aromatic rings. The molecule has 0 fully saturated rings. The summed E-state index contributed by atoms with van der Waals surface area (Å²) in [5.74, 6) is 1.42. The molecule has 0 unspecified atom stereocenters. The lowest BCUT2D eigenvalue weighted by atomic mass is 10.7. The smallest absolute Gasteiger partial charge is 0.258 e. The molecule has 55 valence electrons. The van der Waals surface area contributed by atoms with E-state index in [4.69, 9.17) is 0 Å². The van der Waals surface area contributed by atoms with Crippen molar-refractivity contribution in [2.45, 2.75) is 6.92 Å². The molecule has 0 bridgehead atoms. The average molecular weight is 149 g/mol. The number of aryl methyl sites for hydroxylation is 1. The number of nitrogens with zero attached hydrogens (tertiary/aromatic N) is 4. The maximum atomic E-state index is 4.11. The first-order chi connectivity index (χ1) is 5.36. The average Bonchev–Trinajstić information content (AvgIpc) is 2.55. The van der Waals surface area contributed by atoms with E-state index in [0.717, 1.165) is 5.82 Å². The van der Waals surface area contributed by atoms with E-state index in [9.17, 15) is 0 Å². The molecule has 5 nitrogen and oxygen atoms in total. The van der Waals surface area contributed by atoms with Crippen molar-refractivity contribution in [3.8, 4) is 0 Å². The van der Waals surface area contributed by atoms with Crippen LogP contribution in [-0.2, 0) is 0 Å². The molecule has 1 radical (unpaired) electrons. The molecule has 1 N–H and O–H groups in total. The molecule has 0 saturated heterocycles. The summed E-state index contributed by atoms with van der Waals surface area (Å²) in [6, 6.07) is 0. The van der Waals surface area contributed by atoms with Crippen LogP contribution in [-0.4, -0.2) is 21.5 Å². The Labute approximate surface area is 63.5 Å². The summed E-state index contributed by atoms with van der Waals surface area (Å²) in [5, 5.41) is 6.69. The van der Waals surface area contributed by atoms with Crippen LogP contribution in [0.5, 0.6) is 0 Å². The lowest BCUT2D eigenvalue weighted by Crippen LogP contribution is -2.12. The zero-order chi connectivity index (χ0) is 7.68. The Hall–Kier alpha value is -1.49. The molecule has 0 spiro atoms. The maximum absolute atomic E-state index is 4.11. The molecule has 0 saturated carbocycles. The van der Waals surface area contributed by atoms with Crippen LogP contribution in [0.1, 0.15) is 5.82 Å². The fraction of sp³-hybridized carbons (Fsp3) is 0.167. The number of hydrogen-bond acceptors (Lipinski definition) is 4. The summed E-state index contributed by atoms with van der Waals surface area (Å²) in [5.41, 5.74) is 0. The van der Waals surface area contributed by atoms with Crippen molar-refractivity contribution in [1.82, 2.24) is 20.1 Å². The van der Waals surface area contributed by atoms with E-state index in [1.807, 2.05) is 6.92 Å². The first-order valence-corrected chi connectivity index (χ1v) is 3.23. The van der Waals surface area contributed by atoms with Crippen molar-refractivity contribution < 1.29 is 0 Å². The van der Waals surface area contributed by atoms with Crippen LogP contribution in [0.3, 0.4) is 0 Å². The molecule has 1 aliphatic heterocycles. The molecular weight excluding hydrogens is 142 g/mol. The van der Waals surface area contributed by atoms with E-state index in [1.165, 1.54) is 0 Å². The number of H-pyrrole nitrogens is 1. The lowest BCUT2D eigenvalue weighted by Gasteiger charge is -1.84. The maximum Gasteiger partial charge on any atom is 0.409 e. The third-order valence-corrected chi connectivity index (χ3v) is 1.32. The molecule has 2 rings (SSSR count). The second kappa shape index (κ2) is 2.28. The molecule has 0 aliphatic carbocycles. The molecule has 1 aromatic heterocycles. The highest BCUT2D eigenvalue weighted by Gasteiger charge is 2.21. The van der Waals surface area contributed by atoms with Crippen LogP contribution in [0.4, 0.5) is 5.95 Å². The van der Waals surface area contributed by atoms with Gasteiger partial charge in [0.1, 0.15) is 5.82 Å². The Kier molecular flexibility index (Phi) is 1.29. The van der Waals surface area contributed by atoms with Crippen LogP contribution in [0.15, 0.2) is 17.4 Å². The van der Waals surface area contributed by atoms with Gasteiger partial charge in [-0.3, -0.25) is 5.10 Å². The fourth-order valence-electron chi connectivity index (χ4n) is 0.824. The summed E-state index contributed by atoms with van der Waals surface area (Å²) in [6.45, 7) is 1.85. The minimum atomic E-state index is 0.625. The summed E-state index contributed by atoms with van der Waals surface area (Å²) >= 11 is 0. The van der Waals surface area contributed by atoms with Gasteiger partial charge >= 0.3 is 5.95 Å². The molecule has 0 atom stereocenters. The van der Waals surface area contributed by atoms with Gasteiger partial charge in [-0.1, -0.05) is 5.10 Å². The Morgan fingerprint density at radius 1 is 1.55 bits per heavy atom. The lowest BCUT2D eigenvalue weighted by molar-refractivity contribution is 0.911. The van der Waals surface area contributed by atoms with Crippen LogP contribution >= 0.6 is 0 Å². The quantitative estimate of drug-likeness (QED) is 0.587. The van der Waals surface area contributed by atoms with Gasteiger partial charge in [0.2, 0.25) is 0 Å². The van der Waals surface area contributed by atoms with Gasteiger partial charge in [-0.05, 0) is 11.8 Å². The van der Waals surface area contributed by atoms with E-state index < -0.39 is 0 Å². The topological polar surface area (TPSA) is 59.8 Å². The summed E-state index contributed by atoms with van der Waals surface area (Å²) in [7, 11) is 0. The largest absolute Gasteiger partial charge is 0.409 e. The SMILES string of the molecule is Cc1nc([N+]2C=CN=C2)n[nH]1. The molecule has 0 amide bonds. The van der Waals surface area contributed by atoms with Gasteiger partial charge < -0.3 is 0 Å². The van der Waals surface area contributed by atoms with Gasteiger partial charge in [-0.2, -0.15) is 4.98 Å². The monoisotopic (exact) mass is 149 g/mol. The van der Waals surface area contributed by atoms with Crippen molar-refractivity contribution in [3.05, 3.63) is 18.2 Å². The highest BCUT2D eigenvalue weighted by atomic mass is 15.4. The second-order valence-corrected chi connectivity index (χ2v) is 2.19. The Morgan fingerprint density at radius 2 is 2.45 bits per heavy atom. The Morgan fingerprint density at radius 3 is 3.00 bits per heavy atom. The zero-order valence-corrected chi connectivity index (χ0v) is 6.02.